The SMILES string of the molecule is CCCN(CC)CCC(C)CN. The summed E-state index contributed by atoms with van der Waals surface area (Å²) < 4.78 is 0. The van der Waals surface area contributed by atoms with E-state index in [1.54, 1.807) is 0 Å². The van der Waals surface area contributed by atoms with Crippen molar-refractivity contribution in [1.29, 1.82) is 0 Å². The van der Waals surface area contributed by atoms with Crippen molar-refractivity contribution < 1.29 is 0 Å². The molecule has 0 aliphatic heterocycles. The summed E-state index contributed by atoms with van der Waals surface area (Å²) in [5.74, 6) is 0.677. The van der Waals surface area contributed by atoms with Crippen LogP contribution in [0.1, 0.15) is 33.6 Å². The summed E-state index contributed by atoms with van der Waals surface area (Å²) >= 11 is 0. The molecule has 12 heavy (non-hydrogen) atoms. The zero-order chi connectivity index (χ0) is 9.40. The third-order valence-corrected chi connectivity index (χ3v) is 2.33. The summed E-state index contributed by atoms with van der Waals surface area (Å²) in [6, 6.07) is 0. The summed E-state index contributed by atoms with van der Waals surface area (Å²) in [7, 11) is 0. The van der Waals surface area contributed by atoms with Gasteiger partial charge in [0.2, 0.25) is 0 Å². The molecule has 2 N–H and O–H groups in total. The molecule has 2 heteroatoms. The van der Waals surface area contributed by atoms with Crippen LogP contribution in [0.15, 0.2) is 0 Å². The topological polar surface area (TPSA) is 29.3 Å². The zero-order valence-electron chi connectivity index (χ0n) is 8.84. The average molecular weight is 172 g/mol. The molecule has 74 valence electrons. The van der Waals surface area contributed by atoms with E-state index in [9.17, 15) is 0 Å². The Morgan fingerprint density at radius 2 is 1.92 bits per heavy atom. The van der Waals surface area contributed by atoms with E-state index in [1.165, 1.54) is 32.5 Å². The van der Waals surface area contributed by atoms with Crippen LogP contribution in [0.2, 0.25) is 0 Å². The second kappa shape index (κ2) is 7.56. The molecule has 0 aromatic rings. The predicted octanol–water partition coefficient (Wildman–Crippen LogP) is 1.70. The first-order chi connectivity index (χ1) is 5.74. The fraction of sp³-hybridized carbons (Fsp3) is 1.00. The Balaban J connectivity index is 3.43. The van der Waals surface area contributed by atoms with Crippen molar-refractivity contribution in [3.63, 3.8) is 0 Å². The van der Waals surface area contributed by atoms with Gasteiger partial charge >= 0.3 is 0 Å². The molecule has 0 aromatic heterocycles. The molecule has 1 unspecified atom stereocenters. The second-order valence-corrected chi connectivity index (χ2v) is 3.56. The van der Waals surface area contributed by atoms with E-state index in [-0.39, 0.29) is 0 Å². The van der Waals surface area contributed by atoms with Crippen LogP contribution in [0.25, 0.3) is 0 Å². The molecule has 0 aliphatic carbocycles. The van der Waals surface area contributed by atoms with E-state index in [1.807, 2.05) is 0 Å². The predicted molar refractivity (Wildman–Crippen MR) is 55.2 cm³/mol. The number of nitrogens with zero attached hydrogens (tertiary/aromatic N) is 1. The molecule has 0 saturated heterocycles. The van der Waals surface area contributed by atoms with E-state index >= 15 is 0 Å². The highest BCUT2D eigenvalue weighted by Gasteiger charge is 2.03. The highest BCUT2D eigenvalue weighted by atomic mass is 15.1. The van der Waals surface area contributed by atoms with Gasteiger partial charge in [0.05, 0.1) is 0 Å². The van der Waals surface area contributed by atoms with Gasteiger partial charge in [-0.1, -0.05) is 20.8 Å². The van der Waals surface area contributed by atoms with Crippen molar-refractivity contribution in [2.45, 2.75) is 33.6 Å². The first kappa shape index (κ1) is 11.9. The van der Waals surface area contributed by atoms with Crippen LogP contribution in [0.5, 0.6) is 0 Å². The van der Waals surface area contributed by atoms with Gasteiger partial charge in [-0.05, 0) is 44.9 Å². The number of rotatable bonds is 7. The van der Waals surface area contributed by atoms with Crippen molar-refractivity contribution in [3.05, 3.63) is 0 Å². The quantitative estimate of drug-likeness (QED) is 0.633. The summed E-state index contributed by atoms with van der Waals surface area (Å²) in [6.07, 6.45) is 2.50. The van der Waals surface area contributed by atoms with E-state index in [4.69, 9.17) is 5.73 Å². The Kier molecular flexibility index (Phi) is 7.51. The number of hydrogen-bond donors (Lipinski definition) is 1. The fourth-order valence-electron chi connectivity index (χ4n) is 1.27. The number of nitrogens with two attached hydrogens (primary N) is 1. The minimum absolute atomic E-state index is 0.677. The van der Waals surface area contributed by atoms with Crippen LogP contribution < -0.4 is 5.73 Å². The van der Waals surface area contributed by atoms with Gasteiger partial charge in [-0.2, -0.15) is 0 Å². The lowest BCUT2D eigenvalue weighted by atomic mass is 10.1. The van der Waals surface area contributed by atoms with Gasteiger partial charge in [0.1, 0.15) is 0 Å². The summed E-state index contributed by atoms with van der Waals surface area (Å²) in [6.45, 7) is 11.1. The Labute approximate surface area is 77.1 Å². The molecule has 0 heterocycles. The molecule has 1 atom stereocenters. The van der Waals surface area contributed by atoms with Gasteiger partial charge in [-0.15, -0.1) is 0 Å². The van der Waals surface area contributed by atoms with Gasteiger partial charge in [0, 0.05) is 0 Å². The molecule has 0 fully saturated rings. The summed E-state index contributed by atoms with van der Waals surface area (Å²) in [5, 5.41) is 0. The third kappa shape index (κ3) is 5.56. The van der Waals surface area contributed by atoms with E-state index < -0.39 is 0 Å². The standard InChI is InChI=1S/C10H24N2/c1-4-7-12(5-2)8-6-10(3)9-11/h10H,4-9,11H2,1-3H3. The number of hydrogen-bond acceptors (Lipinski definition) is 2. The van der Waals surface area contributed by atoms with Crippen LogP contribution in [0.3, 0.4) is 0 Å². The Bertz CT molecular complexity index is 93.8. The van der Waals surface area contributed by atoms with E-state index in [0.29, 0.717) is 5.92 Å². The van der Waals surface area contributed by atoms with Gasteiger partial charge in [-0.25, -0.2) is 0 Å². The normalized spacial score (nSPS) is 13.8. The van der Waals surface area contributed by atoms with Crippen LogP contribution in [0, 0.1) is 5.92 Å². The highest BCUT2D eigenvalue weighted by Crippen LogP contribution is 2.01. The van der Waals surface area contributed by atoms with Gasteiger partial charge in [0.25, 0.3) is 0 Å². The van der Waals surface area contributed by atoms with E-state index in [2.05, 4.69) is 25.7 Å². The lowest BCUT2D eigenvalue weighted by Gasteiger charge is -2.20. The Morgan fingerprint density at radius 3 is 2.33 bits per heavy atom. The molecular weight excluding hydrogens is 148 g/mol. The maximum absolute atomic E-state index is 5.56. The highest BCUT2D eigenvalue weighted by molar-refractivity contribution is 4.59. The van der Waals surface area contributed by atoms with Crippen molar-refractivity contribution in [2.75, 3.05) is 26.2 Å². The van der Waals surface area contributed by atoms with Crippen molar-refractivity contribution >= 4 is 0 Å². The summed E-state index contributed by atoms with van der Waals surface area (Å²) in [5.41, 5.74) is 5.56. The molecule has 0 aromatic carbocycles. The maximum atomic E-state index is 5.56. The van der Waals surface area contributed by atoms with E-state index in [0.717, 1.165) is 6.54 Å². The smallest absolute Gasteiger partial charge is 0.00158 e. The van der Waals surface area contributed by atoms with Gasteiger partial charge < -0.3 is 10.6 Å². The molecule has 0 rings (SSSR count). The monoisotopic (exact) mass is 172 g/mol. The fourth-order valence-corrected chi connectivity index (χ4v) is 1.27. The van der Waals surface area contributed by atoms with Crippen LogP contribution in [-0.4, -0.2) is 31.1 Å². The maximum Gasteiger partial charge on any atom is -0.00158 e. The molecular formula is C10H24N2. The van der Waals surface area contributed by atoms with Crippen molar-refractivity contribution in [2.24, 2.45) is 11.7 Å². The Morgan fingerprint density at radius 1 is 1.25 bits per heavy atom. The van der Waals surface area contributed by atoms with Crippen molar-refractivity contribution in [3.8, 4) is 0 Å². The van der Waals surface area contributed by atoms with Crippen LogP contribution in [-0.2, 0) is 0 Å². The summed E-state index contributed by atoms with van der Waals surface area (Å²) in [4.78, 5) is 2.49. The molecule has 0 spiro atoms. The molecule has 0 amide bonds. The lowest BCUT2D eigenvalue weighted by molar-refractivity contribution is 0.268. The largest absolute Gasteiger partial charge is 0.330 e. The molecule has 0 radical (unpaired) electrons. The first-order valence-corrected chi connectivity index (χ1v) is 5.16. The third-order valence-electron chi connectivity index (χ3n) is 2.33. The van der Waals surface area contributed by atoms with Gasteiger partial charge in [0.15, 0.2) is 0 Å². The average Bonchev–Trinajstić information content (AvgIpc) is 2.11. The second-order valence-electron chi connectivity index (χ2n) is 3.56. The molecule has 0 aliphatic rings. The minimum Gasteiger partial charge on any atom is -0.330 e. The first-order valence-electron chi connectivity index (χ1n) is 5.16. The van der Waals surface area contributed by atoms with Crippen LogP contribution >= 0.6 is 0 Å². The van der Waals surface area contributed by atoms with Crippen LogP contribution in [0.4, 0.5) is 0 Å². The molecule has 0 bridgehead atoms. The molecule has 0 saturated carbocycles. The molecule has 2 nitrogen and oxygen atoms in total. The van der Waals surface area contributed by atoms with Crippen molar-refractivity contribution in [1.82, 2.24) is 4.90 Å². The minimum atomic E-state index is 0.677. The lowest BCUT2D eigenvalue weighted by Crippen LogP contribution is -2.27. The Hall–Kier alpha value is -0.0800. The van der Waals surface area contributed by atoms with Gasteiger partial charge in [-0.3, -0.25) is 0 Å². The zero-order valence-corrected chi connectivity index (χ0v) is 8.84.